The van der Waals surface area contributed by atoms with Gasteiger partial charge < -0.3 is 4.74 Å². The van der Waals surface area contributed by atoms with E-state index < -0.39 is 5.54 Å². The fourth-order valence-corrected chi connectivity index (χ4v) is 3.48. The quantitative estimate of drug-likeness (QED) is 0.711. The van der Waals surface area contributed by atoms with Gasteiger partial charge in [-0.15, -0.1) is 0 Å². The van der Waals surface area contributed by atoms with Crippen molar-refractivity contribution >= 4 is 5.97 Å². The van der Waals surface area contributed by atoms with Crippen molar-refractivity contribution in [3.8, 4) is 0 Å². The Hall–Kier alpha value is -0.610. The zero-order chi connectivity index (χ0) is 14.0. The van der Waals surface area contributed by atoms with Crippen LogP contribution < -0.4 is 0 Å². The van der Waals surface area contributed by atoms with Crippen LogP contribution in [0.4, 0.5) is 0 Å². The van der Waals surface area contributed by atoms with E-state index in [1.165, 1.54) is 0 Å². The largest absolute Gasteiger partial charge is 0.465 e. The number of nitrogens with zero attached hydrogens (tertiary/aromatic N) is 1. The fraction of sp³-hybridized carbons (Fsp3) is 0.929. The average Bonchev–Trinajstić information content (AvgIpc) is 2.51. The predicted molar refractivity (Wildman–Crippen MR) is 68.8 cm³/mol. The summed E-state index contributed by atoms with van der Waals surface area (Å²) in [7, 11) is 0. The van der Waals surface area contributed by atoms with E-state index in [-0.39, 0.29) is 22.5 Å². The molecule has 2 saturated heterocycles. The SMILES string of the molecule is CCOC(=O)C12CC(C)(C)ON1C(C)(C)C2(C)C. The first-order valence-electron chi connectivity index (χ1n) is 6.70. The lowest BCUT2D eigenvalue weighted by molar-refractivity contribution is -0.368. The predicted octanol–water partition coefficient (Wildman–Crippen LogP) is 2.52. The van der Waals surface area contributed by atoms with Gasteiger partial charge in [0, 0.05) is 17.4 Å². The van der Waals surface area contributed by atoms with Crippen molar-refractivity contribution in [2.75, 3.05) is 6.61 Å². The van der Waals surface area contributed by atoms with Crippen molar-refractivity contribution < 1.29 is 14.4 Å². The van der Waals surface area contributed by atoms with Gasteiger partial charge in [0.25, 0.3) is 0 Å². The van der Waals surface area contributed by atoms with Crippen molar-refractivity contribution in [2.45, 2.75) is 71.6 Å². The minimum Gasteiger partial charge on any atom is -0.465 e. The van der Waals surface area contributed by atoms with Gasteiger partial charge in [0.1, 0.15) is 0 Å². The van der Waals surface area contributed by atoms with Crippen LogP contribution in [0.5, 0.6) is 0 Å². The van der Waals surface area contributed by atoms with Gasteiger partial charge in [-0.2, -0.15) is 5.06 Å². The van der Waals surface area contributed by atoms with Crippen LogP contribution >= 0.6 is 0 Å². The van der Waals surface area contributed by atoms with Crippen LogP contribution in [0.25, 0.3) is 0 Å². The zero-order valence-electron chi connectivity index (χ0n) is 12.6. The molecule has 0 amide bonds. The molecule has 18 heavy (non-hydrogen) atoms. The summed E-state index contributed by atoms with van der Waals surface area (Å²) in [6.07, 6.45) is 0.676. The molecule has 2 fully saturated rings. The standard InChI is InChI=1S/C14H25NO3/c1-8-17-10(16)14-9-11(2,3)18-15(14)13(6,7)12(14,4)5/h8-9H2,1-7H3. The maximum Gasteiger partial charge on any atom is 0.329 e. The van der Waals surface area contributed by atoms with Gasteiger partial charge in [-0.25, -0.2) is 4.79 Å². The van der Waals surface area contributed by atoms with E-state index in [2.05, 4.69) is 27.7 Å². The second-order valence-electron chi connectivity index (χ2n) is 7.09. The normalized spacial score (nSPS) is 35.7. The van der Waals surface area contributed by atoms with Crippen LogP contribution in [0.2, 0.25) is 0 Å². The smallest absolute Gasteiger partial charge is 0.329 e. The molecule has 1 atom stereocenters. The molecule has 0 radical (unpaired) electrons. The number of hydrogen-bond acceptors (Lipinski definition) is 4. The van der Waals surface area contributed by atoms with E-state index in [0.717, 1.165) is 0 Å². The fourth-order valence-electron chi connectivity index (χ4n) is 3.48. The molecule has 0 saturated carbocycles. The van der Waals surface area contributed by atoms with Gasteiger partial charge in [-0.3, -0.25) is 4.84 Å². The summed E-state index contributed by atoms with van der Waals surface area (Å²) in [5.41, 5.74) is -1.32. The lowest BCUT2D eigenvalue weighted by Gasteiger charge is -2.68. The highest BCUT2D eigenvalue weighted by atomic mass is 16.7. The molecule has 4 nitrogen and oxygen atoms in total. The van der Waals surface area contributed by atoms with Gasteiger partial charge in [-0.05, 0) is 34.6 Å². The summed E-state index contributed by atoms with van der Waals surface area (Å²) in [4.78, 5) is 18.5. The average molecular weight is 255 g/mol. The Morgan fingerprint density at radius 3 is 2.28 bits per heavy atom. The van der Waals surface area contributed by atoms with Gasteiger partial charge in [0.05, 0.1) is 12.2 Å². The summed E-state index contributed by atoms with van der Waals surface area (Å²) in [6.45, 7) is 14.8. The molecule has 0 spiro atoms. The first kappa shape index (κ1) is 13.8. The van der Waals surface area contributed by atoms with E-state index in [0.29, 0.717) is 13.0 Å². The van der Waals surface area contributed by atoms with Crippen molar-refractivity contribution in [3.05, 3.63) is 0 Å². The molecule has 0 aromatic heterocycles. The minimum absolute atomic E-state index is 0.153. The van der Waals surface area contributed by atoms with Gasteiger partial charge in [-0.1, -0.05) is 13.8 Å². The van der Waals surface area contributed by atoms with E-state index in [9.17, 15) is 4.79 Å². The van der Waals surface area contributed by atoms with Crippen molar-refractivity contribution in [1.82, 2.24) is 5.06 Å². The third kappa shape index (κ3) is 1.31. The first-order chi connectivity index (χ1) is 8.03. The topological polar surface area (TPSA) is 38.8 Å². The third-order valence-electron chi connectivity index (χ3n) is 5.05. The maximum absolute atomic E-state index is 12.5. The van der Waals surface area contributed by atoms with E-state index in [1.807, 2.05) is 25.8 Å². The molecular weight excluding hydrogens is 230 g/mol. The molecule has 0 aromatic carbocycles. The Morgan fingerprint density at radius 2 is 1.78 bits per heavy atom. The second kappa shape index (κ2) is 3.48. The van der Waals surface area contributed by atoms with Crippen LogP contribution in [0.15, 0.2) is 0 Å². The van der Waals surface area contributed by atoms with E-state index in [4.69, 9.17) is 9.57 Å². The Kier molecular flexibility index (Phi) is 2.67. The summed E-state index contributed by atoms with van der Waals surface area (Å²) in [5, 5.41) is 1.87. The number of esters is 1. The molecule has 0 aliphatic carbocycles. The van der Waals surface area contributed by atoms with Crippen LogP contribution in [0.3, 0.4) is 0 Å². The highest BCUT2D eigenvalue weighted by molar-refractivity contribution is 5.85. The Labute approximate surface area is 110 Å². The van der Waals surface area contributed by atoms with E-state index >= 15 is 0 Å². The third-order valence-corrected chi connectivity index (χ3v) is 5.05. The second-order valence-corrected chi connectivity index (χ2v) is 7.09. The molecule has 2 rings (SSSR count). The molecule has 2 heterocycles. The molecular formula is C14H25NO3. The summed E-state index contributed by atoms with van der Waals surface area (Å²) in [6, 6.07) is 0. The van der Waals surface area contributed by atoms with Gasteiger partial charge in [0.15, 0.2) is 5.54 Å². The van der Waals surface area contributed by atoms with Crippen LogP contribution in [-0.4, -0.2) is 34.3 Å². The van der Waals surface area contributed by atoms with Crippen molar-refractivity contribution in [2.24, 2.45) is 5.41 Å². The summed E-state index contributed by atoms with van der Waals surface area (Å²) >= 11 is 0. The molecule has 2 aliphatic heterocycles. The maximum atomic E-state index is 12.5. The monoisotopic (exact) mass is 255 g/mol. The summed E-state index contributed by atoms with van der Waals surface area (Å²) < 4.78 is 5.31. The number of fused-ring (bicyclic) bond motifs is 1. The molecule has 0 bridgehead atoms. The number of hydroxylamine groups is 2. The molecule has 1 unspecified atom stereocenters. The Morgan fingerprint density at radius 1 is 1.22 bits per heavy atom. The van der Waals surface area contributed by atoms with Gasteiger partial charge in [0.2, 0.25) is 0 Å². The summed E-state index contributed by atoms with van der Waals surface area (Å²) in [5.74, 6) is -0.153. The van der Waals surface area contributed by atoms with Crippen molar-refractivity contribution in [3.63, 3.8) is 0 Å². The van der Waals surface area contributed by atoms with Gasteiger partial charge >= 0.3 is 5.97 Å². The Bertz CT molecular complexity index is 387. The molecule has 2 aliphatic rings. The number of rotatable bonds is 2. The number of hydrogen-bond donors (Lipinski definition) is 0. The van der Waals surface area contributed by atoms with Crippen LogP contribution in [-0.2, 0) is 14.4 Å². The molecule has 0 aromatic rings. The Balaban J connectivity index is 2.45. The van der Waals surface area contributed by atoms with Crippen LogP contribution in [0, 0.1) is 5.41 Å². The minimum atomic E-state index is -0.643. The highest BCUT2D eigenvalue weighted by Crippen LogP contribution is 2.66. The molecule has 104 valence electrons. The number of carbonyl (C=O) groups excluding carboxylic acids is 1. The number of ether oxygens (including phenoxy) is 1. The molecule has 4 heteroatoms. The first-order valence-corrected chi connectivity index (χ1v) is 6.70. The zero-order valence-corrected chi connectivity index (χ0v) is 12.6. The lowest BCUT2D eigenvalue weighted by Crippen LogP contribution is -2.83. The number of carbonyl (C=O) groups is 1. The van der Waals surface area contributed by atoms with Crippen molar-refractivity contribution in [1.29, 1.82) is 0 Å². The molecule has 0 N–H and O–H groups in total. The van der Waals surface area contributed by atoms with E-state index in [1.54, 1.807) is 0 Å². The lowest BCUT2D eigenvalue weighted by atomic mass is 9.51. The van der Waals surface area contributed by atoms with Crippen LogP contribution in [0.1, 0.15) is 54.9 Å². The highest BCUT2D eigenvalue weighted by Gasteiger charge is 2.80.